The molecule has 6 heteroatoms. The summed E-state index contributed by atoms with van der Waals surface area (Å²) < 4.78 is 7.49. The van der Waals surface area contributed by atoms with Gasteiger partial charge >= 0.3 is 0 Å². The molecule has 0 amide bonds. The van der Waals surface area contributed by atoms with Gasteiger partial charge in [0, 0.05) is 54.6 Å². The second kappa shape index (κ2) is 25.5. The lowest BCUT2D eigenvalue weighted by Gasteiger charge is -2.22. The first kappa shape index (κ1) is 60.9. The van der Waals surface area contributed by atoms with E-state index in [4.69, 9.17) is 15.0 Å². The minimum absolute atomic E-state index is 0.646. The maximum Gasteiger partial charge on any atom is 0.165 e. The molecule has 0 saturated carbocycles. The SMILES string of the molecule is c1ccc(-c2cc(-c3cccc(-c4cc(-n5c6cccc(-c7ccccc7)c6c6c(-c7ccccc7)cccc65)nc(-n5c6cccc(-c7ccccc7)c6c6c(-c7ccccc7)cccc65)c4-n4c5cccc(-c6ccccc6)c5c5c(-c6ccccc6)cccc54)c3)nc(-c3ccccc3)n2)cc1. The van der Waals surface area contributed by atoms with Gasteiger partial charge in [-0.1, -0.05) is 334 Å². The van der Waals surface area contributed by atoms with Crippen LogP contribution in [0.1, 0.15) is 0 Å². The van der Waals surface area contributed by atoms with Crippen molar-refractivity contribution >= 4 is 65.4 Å². The predicted molar refractivity (Wildman–Crippen MR) is 437 cm³/mol. The zero-order valence-corrected chi connectivity index (χ0v) is 57.1. The molecule has 5 aromatic heterocycles. The summed E-state index contributed by atoms with van der Waals surface area (Å²) in [6, 6.07) is 141. The Labute approximate surface area is 607 Å². The molecule has 0 saturated heterocycles. The lowest BCUT2D eigenvalue weighted by molar-refractivity contribution is 0.985. The van der Waals surface area contributed by atoms with Crippen LogP contribution in [-0.4, -0.2) is 28.7 Å². The van der Waals surface area contributed by atoms with Crippen LogP contribution in [0.25, 0.3) is 195 Å². The molecule has 0 aliphatic rings. The molecule has 0 aliphatic carbocycles. The first-order chi connectivity index (χ1) is 52.1. The van der Waals surface area contributed by atoms with Crippen molar-refractivity contribution in [1.82, 2.24) is 28.7 Å². The van der Waals surface area contributed by atoms with Gasteiger partial charge in [-0.2, -0.15) is 0 Å². The topological polar surface area (TPSA) is 53.5 Å². The Morgan fingerprint density at radius 3 is 0.781 bits per heavy atom. The quantitative estimate of drug-likeness (QED) is 0.116. The van der Waals surface area contributed by atoms with Gasteiger partial charge in [-0.25, -0.2) is 15.0 Å². The van der Waals surface area contributed by atoms with Crippen molar-refractivity contribution in [1.29, 1.82) is 0 Å². The smallest absolute Gasteiger partial charge is 0.165 e. The van der Waals surface area contributed by atoms with Crippen LogP contribution in [0, 0.1) is 0 Å². The van der Waals surface area contributed by atoms with Gasteiger partial charge in [0.05, 0.1) is 50.2 Å². The Hall–Kier alpha value is -14.1. The van der Waals surface area contributed by atoms with Gasteiger partial charge in [0.2, 0.25) is 0 Å². The first-order valence-corrected chi connectivity index (χ1v) is 35.8. The summed E-state index contributed by atoms with van der Waals surface area (Å²) >= 11 is 0. The molecule has 20 rings (SSSR count). The first-order valence-electron chi connectivity index (χ1n) is 35.8. The third-order valence-electron chi connectivity index (χ3n) is 20.9. The molecule has 0 fully saturated rings. The molecule has 20 aromatic rings. The highest BCUT2D eigenvalue weighted by Crippen LogP contribution is 2.51. The molecule has 0 atom stereocenters. The number of nitrogens with zero attached hydrogens (tertiary/aromatic N) is 6. The predicted octanol–water partition coefficient (Wildman–Crippen LogP) is 25.8. The summed E-state index contributed by atoms with van der Waals surface area (Å²) in [6.07, 6.45) is 0. The van der Waals surface area contributed by atoms with Crippen molar-refractivity contribution in [2.75, 3.05) is 0 Å². The van der Waals surface area contributed by atoms with E-state index in [1.807, 2.05) is 6.07 Å². The van der Waals surface area contributed by atoms with E-state index in [1.54, 1.807) is 0 Å². The molecule has 15 aromatic carbocycles. The van der Waals surface area contributed by atoms with E-state index in [0.29, 0.717) is 5.82 Å². The molecule has 0 bridgehead atoms. The monoisotopic (exact) mass is 1340 g/mol. The Kier molecular flexibility index (Phi) is 14.8. The van der Waals surface area contributed by atoms with Crippen LogP contribution < -0.4 is 0 Å². The van der Waals surface area contributed by atoms with E-state index in [1.165, 1.54) is 0 Å². The second-order valence-electron chi connectivity index (χ2n) is 26.9. The molecule has 6 nitrogen and oxygen atoms in total. The Morgan fingerprint density at radius 2 is 0.438 bits per heavy atom. The number of aromatic nitrogens is 6. The average molecular weight is 1340 g/mol. The minimum Gasteiger partial charge on any atom is -0.305 e. The number of benzene rings is 15. The van der Waals surface area contributed by atoms with Crippen molar-refractivity contribution in [3.63, 3.8) is 0 Å². The molecule has 0 spiro atoms. The number of fused-ring (bicyclic) bond motifs is 9. The third kappa shape index (κ3) is 10.3. The average Bonchev–Trinajstić information content (AvgIpc) is 1.55. The summed E-state index contributed by atoms with van der Waals surface area (Å²) in [5, 5.41) is 6.82. The van der Waals surface area contributed by atoms with Gasteiger partial charge < -0.3 is 4.57 Å². The van der Waals surface area contributed by atoms with E-state index in [-0.39, 0.29) is 0 Å². The van der Waals surface area contributed by atoms with Crippen molar-refractivity contribution in [3.8, 4) is 129 Å². The molecule has 0 N–H and O–H groups in total. The van der Waals surface area contributed by atoms with E-state index in [9.17, 15) is 0 Å². The maximum atomic E-state index is 6.54. The van der Waals surface area contributed by atoms with Crippen LogP contribution in [0.5, 0.6) is 0 Å². The van der Waals surface area contributed by atoms with Crippen molar-refractivity contribution in [2.24, 2.45) is 0 Å². The molecule has 0 unspecified atom stereocenters. The molecule has 105 heavy (non-hydrogen) atoms. The molecule has 490 valence electrons. The van der Waals surface area contributed by atoms with Crippen LogP contribution in [0.2, 0.25) is 0 Å². The van der Waals surface area contributed by atoms with E-state index in [0.717, 1.165) is 189 Å². The van der Waals surface area contributed by atoms with E-state index < -0.39 is 0 Å². The normalized spacial score (nSPS) is 11.6. The van der Waals surface area contributed by atoms with Gasteiger partial charge in [0.1, 0.15) is 5.82 Å². The fraction of sp³-hybridized carbons (Fsp3) is 0. The van der Waals surface area contributed by atoms with Crippen LogP contribution in [-0.2, 0) is 0 Å². The minimum atomic E-state index is 0.646. The summed E-state index contributed by atoms with van der Waals surface area (Å²) in [7, 11) is 0. The Morgan fingerprint density at radius 1 is 0.171 bits per heavy atom. The molecule has 0 aliphatic heterocycles. The largest absolute Gasteiger partial charge is 0.305 e. The summed E-state index contributed by atoms with van der Waals surface area (Å²) in [5.41, 5.74) is 27.0. The molecule has 0 radical (unpaired) electrons. The fourth-order valence-electron chi connectivity index (χ4n) is 16.3. The molecular formula is C99H64N6. The molecular weight excluding hydrogens is 1270 g/mol. The third-order valence-corrected chi connectivity index (χ3v) is 20.9. The maximum absolute atomic E-state index is 6.54. The van der Waals surface area contributed by atoms with Gasteiger partial charge in [-0.05, 0) is 127 Å². The van der Waals surface area contributed by atoms with Gasteiger partial charge in [-0.3, -0.25) is 9.13 Å². The number of hydrogen-bond acceptors (Lipinski definition) is 3. The number of pyridine rings is 1. The van der Waals surface area contributed by atoms with Gasteiger partial charge in [0.15, 0.2) is 11.6 Å². The lowest BCUT2D eigenvalue weighted by Crippen LogP contribution is -2.11. The van der Waals surface area contributed by atoms with Crippen LogP contribution >= 0.6 is 0 Å². The number of hydrogen-bond donors (Lipinski definition) is 0. The summed E-state index contributed by atoms with van der Waals surface area (Å²) in [5.74, 6) is 2.13. The van der Waals surface area contributed by atoms with Gasteiger partial charge in [-0.15, -0.1) is 0 Å². The van der Waals surface area contributed by atoms with Crippen molar-refractivity contribution in [2.45, 2.75) is 0 Å². The zero-order valence-electron chi connectivity index (χ0n) is 57.1. The summed E-state index contributed by atoms with van der Waals surface area (Å²) in [6.45, 7) is 0. The van der Waals surface area contributed by atoms with Crippen LogP contribution in [0.4, 0.5) is 0 Å². The highest BCUT2D eigenvalue weighted by atomic mass is 15.2. The highest BCUT2D eigenvalue weighted by Gasteiger charge is 2.31. The second-order valence-corrected chi connectivity index (χ2v) is 26.9. The van der Waals surface area contributed by atoms with Crippen molar-refractivity contribution < 1.29 is 0 Å². The highest BCUT2D eigenvalue weighted by molar-refractivity contribution is 6.24. The molecule has 5 heterocycles. The van der Waals surface area contributed by atoms with Crippen LogP contribution in [0.3, 0.4) is 0 Å². The van der Waals surface area contributed by atoms with E-state index in [2.05, 4.69) is 396 Å². The van der Waals surface area contributed by atoms with E-state index >= 15 is 0 Å². The van der Waals surface area contributed by atoms with Crippen molar-refractivity contribution in [3.05, 3.63) is 388 Å². The summed E-state index contributed by atoms with van der Waals surface area (Å²) in [4.78, 5) is 17.4. The fourth-order valence-corrected chi connectivity index (χ4v) is 16.3. The number of rotatable bonds is 13. The lowest BCUT2D eigenvalue weighted by atomic mass is 9.95. The zero-order chi connectivity index (χ0) is 69.3. The van der Waals surface area contributed by atoms with Crippen LogP contribution in [0.15, 0.2) is 388 Å². The Bertz CT molecular complexity index is 6360. The van der Waals surface area contributed by atoms with Gasteiger partial charge in [0.25, 0.3) is 0 Å². The Balaban J connectivity index is 1.00. The standard InChI is InChI=1S/C99H64N6/c1-9-32-65(33-10-1)75-50-26-56-84-91(75)92-76(66-34-11-2-12-35-66)51-27-57-85(92)103(84)90-63-81(73-48-25-49-74(62-73)83-64-82(71-44-21-7-22-45-71)100-98(101-83)72-46-23-8-24-47-72)97(104-86-58-28-52-77(67-36-13-3-14-37-67)93(86)94-78(53-29-59-87(94)104)68-38-15-4-16-39-68)99(102-90)105-88-60-30-54-79(69-40-17-5-18-41-69)95(88)96-80(55-31-61-89(96)105)70-42-19-6-20-43-70/h1-64H.